The average Bonchev–Trinajstić information content (AvgIpc) is 2.56. The zero-order valence-electron chi connectivity index (χ0n) is 14.4. The molecule has 1 aromatic carbocycles. The number of aliphatic carboxylic acids is 1. The number of hydrogen-bond acceptors (Lipinski definition) is 3. The molecule has 1 aliphatic carbocycles. The molecule has 1 N–H and O–H groups in total. The van der Waals surface area contributed by atoms with Gasteiger partial charge < -0.3 is 14.6 Å². The fourth-order valence-corrected chi connectivity index (χ4v) is 2.51. The van der Waals surface area contributed by atoms with Gasteiger partial charge in [0.05, 0.1) is 18.9 Å². The minimum Gasteiger partial charge on any atom is -0.501 e. The summed E-state index contributed by atoms with van der Waals surface area (Å²) in [4.78, 5) is 11.7. The summed E-state index contributed by atoms with van der Waals surface area (Å²) in [7, 11) is 1.47. The molecule has 1 atom stereocenters. The summed E-state index contributed by atoms with van der Waals surface area (Å²) >= 11 is 0. The molecule has 2 rings (SSSR count). The quantitative estimate of drug-likeness (QED) is 0.647. The van der Waals surface area contributed by atoms with E-state index in [1.54, 1.807) is 13.2 Å². The third-order valence-corrected chi connectivity index (χ3v) is 3.95. The summed E-state index contributed by atoms with van der Waals surface area (Å²) < 4.78 is 11.0. The molecule has 1 aromatic rings. The third kappa shape index (κ3) is 3.96. The van der Waals surface area contributed by atoms with Gasteiger partial charge in [0, 0.05) is 5.92 Å². The Morgan fingerprint density at radius 1 is 1.25 bits per heavy atom. The highest BCUT2D eigenvalue weighted by molar-refractivity contribution is 5.89. The van der Waals surface area contributed by atoms with E-state index in [0.29, 0.717) is 5.76 Å². The fourth-order valence-electron chi connectivity index (χ4n) is 2.51. The van der Waals surface area contributed by atoms with Gasteiger partial charge in [-0.05, 0) is 43.5 Å². The Morgan fingerprint density at radius 2 is 2.00 bits per heavy atom. The first-order chi connectivity index (χ1) is 11.4. The van der Waals surface area contributed by atoms with Gasteiger partial charge in [0.1, 0.15) is 11.5 Å². The van der Waals surface area contributed by atoms with Crippen molar-refractivity contribution in [1.29, 1.82) is 0 Å². The van der Waals surface area contributed by atoms with Crippen LogP contribution in [0.3, 0.4) is 0 Å². The molecule has 0 fully saturated rings. The molecule has 0 spiro atoms. The van der Waals surface area contributed by atoms with Gasteiger partial charge in [0.2, 0.25) is 0 Å². The van der Waals surface area contributed by atoms with E-state index >= 15 is 0 Å². The zero-order chi connectivity index (χ0) is 17.7. The van der Waals surface area contributed by atoms with E-state index in [9.17, 15) is 9.90 Å². The number of carbonyl (C=O) groups is 1. The van der Waals surface area contributed by atoms with Crippen LogP contribution in [0.25, 0.3) is 0 Å². The van der Waals surface area contributed by atoms with Gasteiger partial charge in [-0.15, -0.1) is 0 Å². The van der Waals surface area contributed by atoms with Gasteiger partial charge >= 0.3 is 5.97 Å². The molecule has 0 amide bonds. The Hall–Kier alpha value is -2.75. The van der Waals surface area contributed by atoms with Gasteiger partial charge in [0.15, 0.2) is 0 Å². The number of carboxylic acids is 1. The van der Waals surface area contributed by atoms with E-state index in [0.717, 1.165) is 22.4 Å². The maximum Gasteiger partial charge on any atom is 0.335 e. The predicted molar refractivity (Wildman–Crippen MR) is 93.7 cm³/mol. The number of hydrogen-bond donors (Lipinski definition) is 1. The number of benzene rings is 1. The van der Waals surface area contributed by atoms with Crippen molar-refractivity contribution in [3.63, 3.8) is 0 Å². The highest BCUT2D eigenvalue weighted by atomic mass is 16.5. The van der Waals surface area contributed by atoms with Crippen LogP contribution < -0.4 is 4.74 Å². The molecule has 1 unspecified atom stereocenters. The molecule has 24 heavy (non-hydrogen) atoms. The highest BCUT2D eigenvalue weighted by Gasteiger charge is 2.25. The molecule has 4 nitrogen and oxygen atoms in total. The van der Waals surface area contributed by atoms with Crippen LogP contribution in [0.4, 0.5) is 0 Å². The summed E-state index contributed by atoms with van der Waals surface area (Å²) in [5, 5.41) is 9.55. The SMILES string of the molecule is COC(C)=C(C(=O)O)C1C=CC=CC1=COc1cc(C)ccc1C. The minimum atomic E-state index is -1.00. The van der Waals surface area contributed by atoms with Crippen LogP contribution in [0.1, 0.15) is 18.1 Å². The molecule has 126 valence electrons. The fraction of sp³-hybridized carbons (Fsp3) is 0.250. The normalized spacial score (nSPS) is 19.2. The van der Waals surface area contributed by atoms with E-state index in [-0.39, 0.29) is 5.57 Å². The number of methoxy groups -OCH3 is 1. The molecule has 0 heterocycles. The van der Waals surface area contributed by atoms with E-state index < -0.39 is 11.9 Å². The molecular weight excluding hydrogens is 304 g/mol. The maximum absolute atomic E-state index is 11.7. The molecule has 0 aromatic heterocycles. The second-order valence-corrected chi connectivity index (χ2v) is 5.71. The lowest BCUT2D eigenvalue weighted by molar-refractivity contribution is -0.133. The van der Waals surface area contributed by atoms with E-state index in [2.05, 4.69) is 0 Å². The van der Waals surface area contributed by atoms with Crippen molar-refractivity contribution >= 4 is 5.97 Å². The van der Waals surface area contributed by atoms with Crippen molar-refractivity contribution in [2.45, 2.75) is 20.8 Å². The molecule has 0 saturated heterocycles. The third-order valence-electron chi connectivity index (χ3n) is 3.95. The Kier molecular flexibility index (Phi) is 5.64. The Morgan fingerprint density at radius 3 is 2.67 bits per heavy atom. The van der Waals surface area contributed by atoms with Crippen molar-refractivity contribution in [2.75, 3.05) is 7.11 Å². The number of rotatable bonds is 5. The Labute approximate surface area is 142 Å². The van der Waals surface area contributed by atoms with Crippen LogP contribution >= 0.6 is 0 Å². The number of carboxylic acid groups (broad SMARTS) is 1. The topological polar surface area (TPSA) is 55.8 Å². The van der Waals surface area contributed by atoms with Crippen molar-refractivity contribution in [1.82, 2.24) is 0 Å². The molecular formula is C20H22O4. The summed E-state index contributed by atoms with van der Waals surface area (Å²) in [6.45, 7) is 5.62. The second-order valence-electron chi connectivity index (χ2n) is 5.71. The first-order valence-corrected chi connectivity index (χ1v) is 7.71. The van der Waals surface area contributed by atoms with Gasteiger partial charge in [-0.1, -0.05) is 36.4 Å². The number of ether oxygens (including phenoxy) is 2. The zero-order valence-corrected chi connectivity index (χ0v) is 14.4. The van der Waals surface area contributed by atoms with Crippen LogP contribution in [0.15, 0.2) is 65.7 Å². The molecule has 4 heteroatoms. The molecule has 0 radical (unpaired) electrons. The number of allylic oxidation sites excluding steroid dienone is 6. The molecule has 0 saturated carbocycles. The van der Waals surface area contributed by atoms with Gasteiger partial charge in [-0.3, -0.25) is 0 Å². The van der Waals surface area contributed by atoms with Gasteiger partial charge in [-0.25, -0.2) is 4.79 Å². The van der Waals surface area contributed by atoms with Crippen molar-refractivity contribution in [3.05, 3.63) is 76.8 Å². The first kappa shape index (κ1) is 17.6. The predicted octanol–water partition coefficient (Wildman–Crippen LogP) is 4.31. The second kappa shape index (κ2) is 7.68. The van der Waals surface area contributed by atoms with Crippen molar-refractivity contribution < 1.29 is 19.4 Å². The van der Waals surface area contributed by atoms with Crippen LogP contribution in [-0.4, -0.2) is 18.2 Å². The van der Waals surface area contributed by atoms with Crippen LogP contribution in [0, 0.1) is 19.8 Å². The summed E-state index contributed by atoms with van der Waals surface area (Å²) in [5.74, 6) is -0.284. The minimum absolute atomic E-state index is 0.203. The van der Waals surface area contributed by atoms with E-state index in [4.69, 9.17) is 9.47 Å². The Balaban J connectivity index is 2.36. The smallest absolute Gasteiger partial charge is 0.335 e. The van der Waals surface area contributed by atoms with E-state index in [1.165, 1.54) is 7.11 Å². The summed E-state index contributed by atoms with van der Waals surface area (Å²) in [5.41, 5.74) is 3.08. The molecule has 1 aliphatic rings. The van der Waals surface area contributed by atoms with Gasteiger partial charge in [0.25, 0.3) is 0 Å². The highest BCUT2D eigenvalue weighted by Crippen LogP contribution is 2.30. The maximum atomic E-state index is 11.7. The number of aryl methyl sites for hydroxylation is 2. The lowest BCUT2D eigenvalue weighted by Gasteiger charge is -2.19. The Bertz CT molecular complexity index is 751. The van der Waals surface area contributed by atoms with Crippen LogP contribution in [0.2, 0.25) is 0 Å². The van der Waals surface area contributed by atoms with Crippen molar-refractivity contribution in [3.8, 4) is 5.75 Å². The van der Waals surface area contributed by atoms with Crippen LogP contribution in [-0.2, 0) is 9.53 Å². The standard InChI is InChI=1S/C20H22O4/c1-13-9-10-14(2)18(11-13)24-12-16-7-5-6-8-17(16)19(20(21)22)15(3)23-4/h5-12,17H,1-4H3,(H,21,22). The van der Waals surface area contributed by atoms with E-state index in [1.807, 2.05) is 56.4 Å². The largest absolute Gasteiger partial charge is 0.501 e. The summed E-state index contributed by atoms with van der Waals surface area (Å²) in [6.07, 6.45) is 8.96. The van der Waals surface area contributed by atoms with Crippen molar-refractivity contribution in [2.24, 2.45) is 5.92 Å². The lowest BCUT2D eigenvalue weighted by atomic mass is 9.87. The lowest BCUT2D eigenvalue weighted by Crippen LogP contribution is -2.17. The first-order valence-electron chi connectivity index (χ1n) is 7.71. The molecule has 0 aliphatic heterocycles. The average molecular weight is 326 g/mol. The van der Waals surface area contributed by atoms with Crippen LogP contribution in [0.5, 0.6) is 5.75 Å². The van der Waals surface area contributed by atoms with Gasteiger partial charge in [-0.2, -0.15) is 0 Å². The molecule has 0 bridgehead atoms. The summed E-state index contributed by atoms with van der Waals surface area (Å²) in [6, 6.07) is 5.97. The monoisotopic (exact) mass is 326 g/mol.